The second-order valence-corrected chi connectivity index (χ2v) is 11.3. The summed E-state index contributed by atoms with van der Waals surface area (Å²) in [5.41, 5.74) is -1.97. The highest BCUT2D eigenvalue weighted by atomic mass is 16.5. The standard InChI is InChI=1S/C29H47N3O5/c1-8-12-13-17-31(16-11-4)27(36)24-29-18-20(5)28(7,37-29)22(25(34)30(14-9-2)15-10-3)23(29)26(35)32(24)21(6)19-33/h9,11,20-24,33H,2,4,8,10,12-19H2,1,3,5-7H3/t20?,21-,22-,23+,24?,28+,29?/m1/s1. The number of hydrogen-bond donors (Lipinski definition) is 1. The van der Waals surface area contributed by atoms with Crippen LogP contribution in [0.3, 0.4) is 0 Å². The Bertz CT molecular complexity index is 893. The minimum atomic E-state index is -1.11. The topological polar surface area (TPSA) is 90.4 Å². The lowest BCUT2D eigenvalue weighted by Gasteiger charge is -2.39. The van der Waals surface area contributed by atoms with Crippen molar-refractivity contribution in [3.63, 3.8) is 0 Å². The molecule has 2 bridgehead atoms. The van der Waals surface area contributed by atoms with Gasteiger partial charge in [0, 0.05) is 26.2 Å². The van der Waals surface area contributed by atoms with E-state index >= 15 is 0 Å². The summed E-state index contributed by atoms with van der Waals surface area (Å²) in [5, 5.41) is 10.1. The zero-order chi connectivity index (χ0) is 27.5. The summed E-state index contributed by atoms with van der Waals surface area (Å²) in [6, 6.07) is -1.47. The molecule has 7 atom stereocenters. The van der Waals surface area contributed by atoms with E-state index in [2.05, 4.69) is 27.0 Å². The Morgan fingerprint density at radius 1 is 1.14 bits per heavy atom. The van der Waals surface area contributed by atoms with Crippen LogP contribution in [0.5, 0.6) is 0 Å². The predicted octanol–water partition coefficient (Wildman–Crippen LogP) is 3.01. The van der Waals surface area contributed by atoms with Crippen molar-refractivity contribution >= 4 is 17.7 Å². The summed E-state index contributed by atoms with van der Waals surface area (Å²) in [6.45, 7) is 19.1. The van der Waals surface area contributed by atoms with Gasteiger partial charge in [0.1, 0.15) is 11.6 Å². The van der Waals surface area contributed by atoms with E-state index in [1.807, 2.05) is 13.8 Å². The zero-order valence-corrected chi connectivity index (χ0v) is 23.4. The van der Waals surface area contributed by atoms with Gasteiger partial charge in [-0.25, -0.2) is 0 Å². The third-order valence-corrected chi connectivity index (χ3v) is 8.84. The Morgan fingerprint density at radius 2 is 1.76 bits per heavy atom. The smallest absolute Gasteiger partial charge is 0.248 e. The quantitative estimate of drug-likeness (QED) is 0.283. The minimum absolute atomic E-state index is 0.0228. The molecular weight excluding hydrogens is 470 g/mol. The zero-order valence-electron chi connectivity index (χ0n) is 23.4. The summed E-state index contributed by atoms with van der Waals surface area (Å²) in [5.74, 6) is -2.06. The average Bonchev–Trinajstić information content (AvgIpc) is 3.38. The van der Waals surface area contributed by atoms with Crippen molar-refractivity contribution in [2.45, 2.75) is 90.0 Å². The normalized spacial score (nSPS) is 32.8. The summed E-state index contributed by atoms with van der Waals surface area (Å²) in [4.78, 5) is 47.5. The molecular formula is C29H47N3O5. The number of amides is 3. The van der Waals surface area contributed by atoms with Crippen LogP contribution in [0.4, 0.5) is 0 Å². The van der Waals surface area contributed by atoms with Crippen LogP contribution in [0.25, 0.3) is 0 Å². The molecule has 3 aliphatic heterocycles. The van der Waals surface area contributed by atoms with Gasteiger partial charge in [-0.15, -0.1) is 13.2 Å². The molecule has 3 aliphatic rings. The van der Waals surface area contributed by atoms with Crippen LogP contribution in [0.2, 0.25) is 0 Å². The number of hydrogen-bond acceptors (Lipinski definition) is 5. The van der Waals surface area contributed by atoms with Gasteiger partial charge in [0.05, 0.1) is 30.1 Å². The second kappa shape index (κ2) is 11.7. The highest BCUT2D eigenvalue weighted by molar-refractivity contribution is 5.99. The highest BCUT2D eigenvalue weighted by Crippen LogP contribution is 2.65. The van der Waals surface area contributed by atoms with Crippen molar-refractivity contribution in [1.29, 1.82) is 0 Å². The predicted molar refractivity (Wildman–Crippen MR) is 144 cm³/mol. The van der Waals surface area contributed by atoms with Crippen molar-refractivity contribution in [2.24, 2.45) is 17.8 Å². The number of aliphatic hydroxyl groups excluding tert-OH is 1. The molecule has 3 saturated heterocycles. The molecule has 0 saturated carbocycles. The molecule has 3 heterocycles. The molecule has 1 spiro atoms. The molecule has 3 rings (SSSR count). The minimum Gasteiger partial charge on any atom is -0.394 e. The fraction of sp³-hybridized carbons (Fsp3) is 0.759. The molecule has 0 aromatic carbocycles. The molecule has 3 amide bonds. The van der Waals surface area contributed by atoms with Gasteiger partial charge in [-0.1, -0.05) is 45.8 Å². The molecule has 0 radical (unpaired) electrons. The van der Waals surface area contributed by atoms with Crippen LogP contribution in [0.1, 0.15) is 66.7 Å². The summed E-state index contributed by atoms with van der Waals surface area (Å²) in [7, 11) is 0. The maximum Gasteiger partial charge on any atom is 0.248 e. The number of likely N-dealkylation sites (tertiary alicyclic amines) is 1. The average molecular weight is 518 g/mol. The number of carbonyl (C=O) groups excluding carboxylic acids is 3. The molecule has 8 nitrogen and oxygen atoms in total. The van der Waals surface area contributed by atoms with E-state index < -0.39 is 35.1 Å². The van der Waals surface area contributed by atoms with Gasteiger partial charge in [0.15, 0.2) is 0 Å². The lowest BCUT2D eigenvalue weighted by Crippen LogP contribution is -2.58. The number of carbonyl (C=O) groups is 3. The molecule has 8 heteroatoms. The highest BCUT2D eigenvalue weighted by Gasteiger charge is 2.80. The van der Waals surface area contributed by atoms with Crippen molar-refractivity contribution in [3.05, 3.63) is 25.3 Å². The Balaban J connectivity index is 2.10. The lowest BCUT2D eigenvalue weighted by molar-refractivity contribution is -0.157. The largest absolute Gasteiger partial charge is 0.394 e. The maximum absolute atomic E-state index is 14.3. The van der Waals surface area contributed by atoms with E-state index in [0.717, 1.165) is 25.7 Å². The summed E-state index contributed by atoms with van der Waals surface area (Å²) in [6.07, 6.45) is 7.58. The molecule has 0 aromatic heterocycles. The first kappa shape index (κ1) is 29.4. The fourth-order valence-electron chi connectivity index (χ4n) is 6.98. The van der Waals surface area contributed by atoms with Gasteiger partial charge >= 0.3 is 0 Å². The number of fused-ring (bicyclic) bond motifs is 1. The fourth-order valence-corrected chi connectivity index (χ4v) is 6.98. The lowest BCUT2D eigenvalue weighted by atomic mass is 9.62. The maximum atomic E-state index is 14.3. The Labute approximate surface area is 222 Å². The van der Waals surface area contributed by atoms with Crippen molar-refractivity contribution in [3.8, 4) is 0 Å². The number of unbranched alkanes of at least 4 members (excludes halogenated alkanes) is 2. The summed E-state index contributed by atoms with van der Waals surface area (Å²) >= 11 is 0. The van der Waals surface area contributed by atoms with Gasteiger partial charge in [0.2, 0.25) is 17.7 Å². The molecule has 0 aromatic rings. The van der Waals surface area contributed by atoms with Gasteiger partial charge in [-0.05, 0) is 39.0 Å². The molecule has 208 valence electrons. The van der Waals surface area contributed by atoms with E-state index in [4.69, 9.17) is 4.74 Å². The number of nitrogens with zero attached hydrogens (tertiary/aromatic N) is 3. The number of ether oxygens (including phenoxy) is 1. The first-order valence-corrected chi connectivity index (χ1v) is 14.0. The van der Waals surface area contributed by atoms with Crippen molar-refractivity contribution < 1.29 is 24.2 Å². The van der Waals surface area contributed by atoms with E-state index in [-0.39, 0.29) is 30.2 Å². The number of aliphatic hydroxyl groups is 1. The van der Waals surface area contributed by atoms with E-state index in [0.29, 0.717) is 32.6 Å². The van der Waals surface area contributed by atoms with Crippen LogP contribution in [-0.4, -0.2) is 93.6 Å². The third-order valence-electron chi connectivity index (χ3n) is 8.84. The first-order chi connectivity index (χ1) is 17.6. The van der Waals surface area contributed by atoms with Crippen LogP contribution in [-0.2, 0) is 19.1 Å². The summed E-state index contributed by atoms with van der Waals surface area (Å²) < 4.78 is 6.82. The molecule has 37 heavy (non-hydrogen) atoms. The first-order valence-electron chi connectivity index (χ1n) is 14.0. The van der Waals surface area contributed by atoms with E-state index in [9.17, 15) is 19.5 Å². The van der Waals surface area contributed by atoms with Crippen molar-refractivity contribution in [2.75, 3.05) is 32.8 Å². The molecule has 3 fully saturated rings. The Morgan fingerprint density at radius 3 is 2.30 bits per heavy atom. The van der Waals surface area contributed by atoms with Gasteiger partial charge < -0.3 is 24.5 Å². The van der Waals surface area contributed by atoms with E-state index in [1.165, 1.54) is 4.90 Å². The Hall–Kier alpha value is -2.19. The third kappa shape index (κ3) is 4.76. The monoisotopic (exact) mass is 517 g/mol. The van der Waals surface area contributed by atoms with Crippen LogP contribution in [0, 0.1) is 17.8 Å². The van der Waals surface area contributed by atoms with Crippen LogP contribution in [0.15, 0.2) is 25.3 Å². The SMILES string of the molecule is C=CCN(CCCCC)C(=O)C1N([C@H](C)CO)C(=O)[C@@H]2[C@H](C(=O)N(CC=C)CCC)[C@@]3(C)OC12CC3C. The van der Waals surface area contributed by atoms with E-state index in [1.54, 1.807) is 28.9 Å². The number of rotatable bonds is 14. The molecule has 3 unspecified atom stereocenters. The molecule has 1 N–H and O–H groups in total. The van der Waals surface area contributed by atoms with Crippen LogP contribution < -0.4 is 0 Å². The van der Waals surface area contributed by atoms with Crippen LogP contribution >= 0.6 is 0 Å². The van der Waals surface area contributed by atoms with Crippen molar-refractivity contribution in [1.82, 2.24) is 14.7 Å². The van der Waals surface area contributed by atoms with Gasteiger partial charge in [0.25, 0.3) is 0 Å². The van der Waals surface area contributed by atoms with Gasteiger partial charge in [-0.3, -0.25) is 14.4 Å². The molecule has 0 aliphatic carbocycles. The second-order valence-electron chi connectivity index (χ2n) is 11.3. The Kier molecular flexibility index (Phi) is 9.27. The van der Waals surface area contributed by atoms with Gasteiger partial charge in [-0.2, -0.15) is 0 Å².